The molecule has 0 spiro atoms. The lowest BCUT2D eigenvalue weighted by molar-refractivity contribution is 0.239. The van der Waals surface area contributed by atoms with Crippen molar-refractivity contribution >= 4 is 11.6 Å². The summed E-state index contributed by atoms with van der Waals surface area (Å²) in [6.07, 6.45) is 3.38. The number of anilines is 2. The van der Waals surface area contributed by atoms with Gasteiger partial charge in [-0.25, -0.2) is 9.97 Å². The molecule has 0 aromatic carbocycles. The number of nitrogens with zero attached hydrogens (tertiary/aromatic N) is 3. The van der Waals surface area contributed by atoms with Gasteiger partial charge in [0.25, 0.3) is 0 Å². The first-order valence-electron chi connectivity index (χ1n) is 6.15. The summed E-state index contributed by atoms with van der Waals surface area (Å²) in [4.78, 5) is 10.9. The van der Waals surface area contributed by atoms with Gasteiger partial charge >= 0.3 is 0 Å². The maximum absolute atomic E-state index is 9.42. The molecule has 0 amide bonds. The second-order valence-electron chi connectivity index (χ2n) is 4.43. The van der Waals surface area contributed by atoms with Gasteiger partial charge in [-0.05, 0) is 26.2 Å². The number of nitrogens with one attached hydrogen (secondary N) is 1. The molecular formula is C12H20N4O. The summed E-state index contributed by atoms with van der Waals surface area (Å²) < 4.78 is 0. The van der Waals surface area contributed by atoms with E-state index in [-0.39, 0.29) is 12.6 Å². The van der Waals surface area contributed by atoms with Crippen molar-refractivity contribution in [3.63, 3.8) is 0 Å². The first kappa shape index (κ1) is 12.1. The number of aliphatic hydroxyl groups is 1. The first-order valence-corrected chi connectivity index (χ1v) is 6.15. The zero-order valence-electron chi connectivity index (χ0n) is 10.5. The van der Waals surface area contributed by atoms with Crippen LogP contribution in [0.1, 0.15) is 25.1 Å². The maximum Gasteiger partial charge on any atom is 0.134 e. The highest BCUT2D eigenvalue weighted by Crippen LogP contribution is 2.24. The van der Waals surface area contributed by atoms with Crippen LogP contribution in [-0.4, -0.2) is 41.3 Å². The summed E-state index contributed by atoms with van der Waals surface area (Å²) in [5.74, 6) is 2.50. The number of hydrogen-bond donors (Lipinski definition) is 2. The molecular weight excluding hydrogens is 216 g/mol. The standard InChI is InChI=1S/C12H20N4O/c1-9-14-11(13-2)7-12(15-9)16-6-4-3-5-10(16)8-17/h7,10,17H,3-6,8H2,1-2H3,(H,13,14,15). The average molecular weight is 236 g/mol. The monoisotopic (exact) mass is 236 g/mol. The van der Waals surface area contributed by atoms with Crippen molar-refractivity contribution in [2.24, 2.45) is 0 Å². The van der Waals surface area contributed by atoms with E-state index in [1.54, 1.807) is 0 Å². The summed E-state index contributed by atoms with van der Waals surface area (Å²) >= 11 is 0. The highest BCUT2D eigenvalue weighted by molar-refractivity contribution is 5.50. The number of piperidine rings is 1. The molecule has 1 aromatic heterocycles. The fraction of sp³-hybridized carbons (Fsp3) is 0.667. The first-order chi connectivity index (χ1) is 8.24. The van der Waals surface area contributed by atoms with Gasteiger partial charge in [0.05, 0.1) is 12.6 Å². The smallest absolute Gasteiger partial charge is 0.134 e. The molecule has 94 valence electrons. The van der Waals surface area contributed by atoms with Gasteiger partial charge in [0.1, 0.15) is 17.5 Å². The molecule has 2 heterocycles. The Kier molecular flexibility index (Phi) is 3.78. The lowest BCUT2D eigenvalue weighted by Crippen LogP contribution is -2.42. The van der Waals surface area contributed by atoms with Crippen LogP contribution < -0.4 is 10.2 Å². The van der Waals surface area contributed by atoms with Crippen molar-refractivity contribution in [2.75, 3.05) is 30.4 Å². The van der Waals surface area contributed by atoms with Crippen molar-refractivity contribution < 1.29 is 5.11 Å². The molecule has 0 radical (unpaired) electrons. The summed E-state index contributed by atoms with van der Waals surface area (Å²) in [5, 5.41) is 12.5. The van der Waals surface area contributed by atoms with Gasteiger partial charge < -0.3 is 15.3 Å². The molecule has 0 bridgehead atoms. The highest BCUT2D eigenvalue weighted by atomic mass is 16.3. The Morgan fingerprint density at radius 2 is 2.29 bits per heavy atom. The molecule has 1 aliphatic heterocycles. The molecule has 17 heavy (non-hydrogen) atoms. The summed E-state index contributed by atoms with van der Waals surface area (Å²) in [6.45, 7) is 3.05. The van der Waals surface area contributed by atoms with Crippen LogP contribution >= 0.6 is 0 Å². The van der Waals surface area contributed by atoms with E-state index in [4.69, 9.17) is 0 Å². The second-order valence-corrected chi connectivity index (χ2v) is 4.43. The zero-order chi connectivity index (χ0) is 12.3. The van der Waals surface area contributed by atoms with Gasteiger partial charge in [-0.15, -0.1) is 0 Å². The van der Waals surface area contributed by atoms with Crippen molar-refractivity contribution in [2.45, 2.75) is 32.2 Å². The molecule has 1 atom stereocenters. The molecule has 1 aliphatic rings. The number of aliphatic hydroxyl groups excluding tert-OH is 1. The van der Waals surface area contributed by atoms with Gasteiger partial charge in [-0.3, -0.25) is 0 Å². The van der Waals surface area contributed by atoms with E-state index in [0.717, 1.165) is 36.8 Å². The molecule has 0 aliphatic carbocycles. The minimum absolute atomic E-state index is 0.192. The summed E-state index contributed by atoms with van der Waals surface area (Å²) in [5.41, 5.74) is 0. The zero-order valence-corrected chi connectivity index (χ0v) is 10.5. The van der Waals surface area contributed by atoms with Crippen LogP contribution in [0.25, 0.3) is 0 Å². The number of hydrogen-bond acceptors (Lipinski definition) is 5. The third-order valence-corrected chi connectivity index (χ3v) is 3.21. The van der Waals surface area contributed by atoms with Crippen molar-refractivity contribution in [1.29, 1.82) is 0 Å². The Hall–Kier alpha value is -1.36. The van der Waals surface area contributed by atoms with E-state index in [1.165, 1.54) is 6.42 Å². The Labute approximate surface area is 102 Å². The number of rotatable bonds is 3. The van der Waals surface area contributed by atoms with Crippen LogP contribution in [0.5, 0.6) is 0 Å². The molecule has 1 unspecified atom stereocenters. The number of aryl methyl sites for hydroxylation is 1. The SMILES string of the molecule is CNc1cc(N2CCCCC2CO)nc(C)n1. The molecule has 5 nitrogen and oxygen atoms in total. The fourth-order valence-corrected chi connectivity index (χ4v) is 2.32. The third-order valence-electron chi connectivity index (χ3n) is 3.21. The Balaban J connectivity index is 2.27. The van der Waals surface area contributed by atoms with E-state index < -0.39 is 0 Å². The van der Waals surface area contributed by atoms with Crippen LogP contribution in [0.4, 0.5) is 11.6 Å². The predicted molar refractivity (Wildman–Crippen MR) is 68.4 cm³/mol. The highest BCUT2D eigenvalue weighted by Gasteiger charge is 2.23. The van der Waals surface area contributed by atoms with Crippen LogP contribution in [0.3, 0.4) is 0 Å². The molecule has 2 rings (SSSR count). The molecule has 1 aromatic rings. The summed E-state index contributed by atoms with van der Waals surface area (Å²) in [7, 11) is 1.85. The van der Waals surface area contributed by atoms with E-state index in [1.807, 2.05) is 20.0 Å². The Bertz CT molecular complexity index is 383. The van der Waals surface area contributed by atoms with Gasteiger partial charge in [0.15, 0.2) is 0 Å². The van der Waals surface area contributed by atoms with Gasteiger partial charge in [-0.1, -0.05) is 0 Å². The molecule has 2 N–H and O–H groups in total. The van der Waals surface area contributed by atoms with Crippen molar-refractivity contribution in [3.8, 4) is 0 Å². The third kappa shape index (κ3) is 2.66. The topological polar surface area (TPSA) is 61.3 Å². The second kappa shape index (κ2) is 5.31. The minimum atomic E-state index is 0.192. The van der Waals surface area contributed by atoms with E-state index >= 15 is 0 Å². The molecule has 0 saturated carbocycles. The van der Waals surface area contributed by atoms with Crippen molar-refractivity contribution in [1.82, 2.24) is 9.97 Å². The van der Waals surface area contributed by atoms with Gasteiger partial charge in [0, 0.05) is 19.7 Å². The Morgan fingerprint density at radius 1 is 1.47 bits per heavy atom. The van der Waals surface area contributed by atoms with Crippen LogP contribution in [-0.2, 0) is 0 Å². The quantitative estimate of drug-likeness (QED) is 0.825. The lowest BCUT2D eigenvalue weighted by atomic mass is 10.0. The molecule has 1 saturated heterocycles. The van der Waals surface area contributed by atoms with Crippen LogP contribution in [0, 0.1) is 6.92 Å². The van der Waals surface area contributed by atoms with E-state index in [0.29, 0.717) is 0 Å². The predicted octanol–water partition coefficient (Wildman–Crippen LogP) is 1.18. The maximum atomic E-state index is 9.42. The Morgan fingerprint density at radius 3 is 3.00 bits per heavy atom. The van der Waals surface area contributed by atoms with E-state index in [2.05, 4.69) is 20.2 Å². The van der Waals surface area contributed by atoms with Crippen molar-refractivity contribution in [3.05, 3.63) is 11.9 Å². The normalized spacial score (nSPS) is 20.4. The average Bonchev–Trinajstić information content (AvgIpc) is 2.37. The number of aromatic nitrogens is 2. The minimum Gasteiger partial charge on any atom is -0.394 e. The summed E-state index contributed by atoms with van der Waals surface area (Å²) in [6, 6.07) is 2.14. The molecule has 5 heteroatoms. The molecule has 1 fully saturated rings. The fourth-order valence-electron chi connectivity index (χ4n) is 2.32. The van der Waals surface area contributed by atoms with Gasteiger partial charge in [-0.2, -0.15) is 0 Å². The van der Waals surface area contributed by atoms with Crippen LogP contribution in [0.15, 0.2) is 6.07 Å². The largest absolute Gasteiger partial charge is 0.394 e. The van der Waals surface area contributed by atoms with Gasteiger partial charge in [0.2, 0.25) is 0 Å². The van der Waals surface area contributed by atoms with Crippen LogP contribution in [0.2, 0.25) is 0 Å². The lowest BCUT2D eigenvalue weighted by Gasteiger charge is -2.35. The van der Waals surface area contributed by atoms with E-state index in [9.17, 15) is 5.11 Å².